The van der Waals surface area contributed by atoms with Gasteiger partial charge in [0.25, 0.3) is 5.56 Å². The molecule has 13 heteroatoms. The molecule has 2 unspecified atom stereocenters. The Labute approximate surface area is 259 Å². The summed E-state index contributed by atoms with van der Waals surface area (Å²) in [6.45, 7) is 21.3. The van der Waals surface area contributed by atoms with Crippen molar-refractivity contribution in [1.82, 2.24) is 9.55 Å². The number of hydrogen-bond acceptors (Lipinski definition) is 7. The third-order valence-corrected chi connectivity index (χ3v) is 7.88. The minimum atomic E-state index is -3.56. The van der Waals surface area contributed by atoms with Gasteiger partial charge in [0.15, 0.2) is 10.5 Å². The average molecular weight is 623 g/mol. The fourth-order valence-electron chi connectivity index (χ4n) is 4.13. The Morgan fingerprint density at radius 2 is 1.71 bits per heavy atom. The third-order valence-electron chi connectivity index (χ3n) is 6.23. The molecule has 0 saturated carbocycles. The molecule has 0 aliphatic carbocycles. The molecule has 8 nitrogen and oxygen atoms in total. The number of fused-ring (bicyclic) bond motifs is 1. The highest BCUT2D eigenvalue weighted by Crippen LogP contribution is 2.63. The number of H-pyrrole nitrogens is 1. The van der Waals surface area contributed by atoms with E-state index >= 15 is 0 Å². The number of aromatic amines is 1. The standard InChI is InChI=1S/C16H24BFO4P.C9H11BN2O2S.2C2H6/c1-15(2,3)11-7-12(16(4,5)6)14-10(13(11)18)8-20-23(19,22-14)21-9-17;1-5-4-12(9(15)11-8(5)13)7-3-2-6(10)14-7;2*1-2/h7,19H,8-9H2,1-6H3;4,6-7H,2-3H2,1H3,(H,11,13,15);2*1-2H3/q+1;;;/t;6-,7?;;/m.0../s1. The van der Waals surface area contributed by atoms with E-state index in [2.05, 4.69) is 4.98 Å². The van der Waals surface area contributed by atoms with Gasteiger partial charge < -0.3 is 4.74 Å². The van der Waals surface area contributed by atoms with Gasteiger partial charge in [0, 0.05) is 23.3 Å². The van der Waals surface area contributed by atoms with Crippen LogP contribution in [-0.4, -0.2) is 42.6 Å². The number of rotatable bonds is 3. The van der Waals surface area contributed by atoms with Crippen molar-refractivity contribution in [2.75, 3.05) is 6.51 Å². The van der Waals surface area contributed by atoms with Crippen LogP contribution in [0.15, 0.2) is 17.1 Å². The van der Waals surface area contributed by atoms with E-state index in [1.807, 2.05) is 75.3 Å². The molecule has 1 saturated heterocycles. The summed E-state index contributed by atoms with van der Waals surface area (Å²) in [5.41, 5.74) is 1.51. The molecule has 3 heterocycles. The molecule has 0 bridgehead atoms. The second-order valence-corrected chi connectivity index (χ2v) is 13.4. The lowest BCUT2D eigenvalue weighted by atomic mass is 9.78. The van der Waals surface area contributed by atoms with E-state index in [1.54, 1.807) is 17.7 Å². The van der Waals surface area contributed by atoms with Gasteiger partial charge in [0.2, 0.25) is 0 Å². The van der Waals surface area contributed by atoms with Crippen molar-refractivity contribution >= 4 is 36.1 Å². The molecule has 2 aliphatic heterocycles. The largest absolute Gasteiger partial charge is 0.618 e. The van der Waals surface area contributed by atoms with Crippen LogP contribution in [0.2, 0.25) is 0 Å². The molecule has 1 fully saturated rings. The average Bonchev–Trinajstić information content (AvgIpc) is 3.33. The first-order chi connectivity index (χ1) is 19.5. The number of nitrogens with one attached hydrogen (secondary N) is 1. The smallest absolute Gasteiger partial charge is 0.365 e. The van der Waals surface area contributed by atoms with Gasteiger partial charge in [-0.05, 0) is 54.4 Å². The van der Waals surface area contributed by atoms with E-state index in [1.165, 1.54) is 0 Å². The Bertz CT molecular complexity index is 1300. The molecular formula is C29H47B2FN2O6PS+. The summed E-state index contributed by atoms with van der Waals surface area (Å²) in [6, 6.07) is 1.58. The lowest BCUT2D eigenvalue weighted by molar-refractivity contribution is 0.0353. The van der Waals surface area contributed by atoms with Gasteiger partial charge in [0.05, 0.1) is 12.1 Å². The van der Waals surface area contributed by atoms with Gasteiger partial charge in [-0.15, -0.1) is 4.52 Å². The number of hydrogen-bond donors (Lipinski definition) is 2. The summed E-state index contributed by atoms with van der Waals surface area (Å²) in [5.74, 6) is -0.0574. The quantitative estimate of drug-likeness (QED) is 0.212. The number of benzene rings is 1. The summed E-state index contributed by atoms with van der Waals surface area (Å²) in [7, 11) is 7.39. The van der Waals surface area contributed by atoms with E-state index in [4.69, 9.17) is 46.2 Å². The minimum absolute atomic E-state index is 0.113. The lowest BCUT2D eigenvalue weighted by Crippen LogP contribution is -2.25. The van der Waals surface area contributed by atoms with Gasteiger partial charge in [0.1, 0.15) is 34.3 Å². The van der Waals surface area contributed by atoms with Crippen molar-refractivity contribution in [3.8, 4) is 5.75 Å². The number of halogens is 1. The Hall–Kier alpha value is -1.55. The van der Waals surface area contributed by atoms with Crippen molar-refractivity contribution in [3.63, 3.8) is 0 Å². The Kier molecular flexibility index (Phi) is 14.6. The molecule has 4 rings (SSSR count). The lowest BCUT2D eigenvalue weighted by Gasteiger charge is -2.31. The molecule has 4 radical (unpaired) electrons. The molecule has 1 aromatic heterocycles. The monoisotopic (exact) mass is 623 g/mol. The van der Waals surface area contributed by atoms with Gasteiger partial charge in [-0.1, -0.05) is 69.2 Å². The van der Waals surface area contributed by atoms with Gasteiger partial charge in [-0.25, -0.2) is 4.39 Å². The summed E-state index contributed by atoms with van der Waals surface area (Å²) < 4.78 is 38.4. The van der Waals surface area contributed by atoms with Crippen LogP contribution < -0.4 is 10.1 Å². The first kappa shape index (κ1) is 38.5. The predicted octanol–water partition coefficient (Wildman–Crippen LogP) is 7.21. The van der Waals surface area contributed by atoms with Crippen LogP contribution in [0.25, 0.3) is 0 Å². The van der Waals surface area contributed by atoms with Crippen LogP contribution in [-0.2, 0) is 31.2 Å². The van der Waals surface area contributed by atoms with Crippen molar-refractivity contribution < 1.29 is 27.6 Å². The van der Waals surface area contributed by atoms with E-state index < -0.39 is 8.17 Å². The maximum Gasteiger partial charge on any atom is 0.618 e. The van der Waals surface area contributed by atoms with Crippen molar-refractivity contribution in [3.05, 3.63) is 55.5 Å². The zero-order chi connectivity index (χ0) is 32.6. The molecule has 1 aromatic carbocycles. The van der Waals surface area contributed by atoms with Crippen molar-refractivity contribution in [2.24, 2.45) is 0 Å². The molecule has 232 valence electrons. The summed E-state index contributed by atoms with van der Waals surface area (Å²) in [4.78, 5) is 24.1. The number of aryl methyl sites for hydroxylation is 1. The third kappa shape index (κ3) is 9.73. The van der Waals surface area contributed by atoms with E-state index in [0.717, 1.165) is 18.4 Å². The van der Waals surface area contributed by atoms with E-state index in [-0.39, 0.29) is 47.6 Å². The highest BCUT2D eigenvalue weighted by atomic mass is 32.1. The fraction of sp³-hybridized carbons (Fsp3) is 0.655. The zero-order valence-electron chi connectivity index (χ0n) is 27.0. The zero-order valence-corrected chi connectivity index (χ0v) is 28.7. The highest BCUT2D eigenvalue weighted by Gasteiger charge is 2.52. The van der Waals surface area contributed by atoms with Crippen molar-refractivity contribution in [1.29, 1.82) is 0 Å². The molecule has 3 atom stereocenters. The number of nitrogens with zero attached hydrogens (tertiary/aromatic N) is 1. The summed E-state index contributed by atoms with van der Waals surface area (Å²) in [5, 5.41) is 0. The summed E-state index contributed by atoms with van der Waals surface area (Å²) in [6.07, 6.45) is 3.19. The second kappa shape index (κ2) is 16.0. The van der Waals surface area contributed by atoms with Crippen LogP contribution in [0.5, 0.6) is 5.75 Å². The summed E-state index contributed by atoms with van der Waals surface area (Å²) >= 11 is 5.06. The van der Waals surface area contributed by atoms with Crippen LogP contribution in [0.3, 0.4) is 0 Å². The SMILES string of the molecule is CC.CC.[B]CO[P+]1(O)OCc2c(F)c(C(C)(C)C)cc(C(C)(C)C)c2O1.[B][C@@H]1CCC(n2cc(C)c(=O)[nH]c2=S)O1. The molecular weight excluding hydrogens is 576 g/mol. The molecule has 2 aromatic rings. The Morgan fingerprint density at radius 3 is 2.19 bits per heavy atom. The van der Waals surface area contributed by atoms with Gasteiger partial charge in [-0.3, -0.25) is 18.9 Å². The maximum absolute atomic E-state index is 15.0. The Balaban J connectivity index is 0.000000400. The maximum atomic E-state index is 15.0. The normalized spacial score (nSPS) is 21.4. The van der Waals surface area contributed by atoms with E-state index in [9.17, 15) is 14.1 Å². The topological polar surface area (TPSA) is 94.9 Å². The minimum Gasteiger partial charge on any atom is -0.365 e. The number of aromatic nitrogens is 2. The fourth-order valence-corrected chi connectivity index (χ4v) is 5.49. The molecule has 0 amide bonds. The second-order valence-electron chi connectivity index (χ2n) is 11.4. The highest BCUT2D eigenvalue weighted by molar-refractivity contribution is 7.71. The van der Waals surface area contributed by atoms with Crippen LogP contribution >= 0.6 is 20.4 Å². The molecule has 2 N–H and O–H groups in total. The Morgan fingerprint density at radius 1 is 1.14 bits per heavy atom. The molecule has 2 aliphatic rings. The molecule has 0 spiro atoms. The van der Waals surface area contributed by atoms with Crippen LogP contribution in [0.4, 0.5) is 4.39 Å². The first-order valence-electron chi connectivity index (χ1n) is 14.4. The van der Waals surface area contributed by atoms with Crippen molar-refractivity contribution in [2.45, 2.75) is 119 Å². The van der Waals surface area contributed by atoms with Crippen LogP contribution in [0, 0.1) is 17.5 Å². The van der Waals surface area contributed by atoms with Gasteiger partial charge >= 0.3 is 8.17 Å². The van der Waals surface area contributed by atoms with E-state index in [0.29, 0.717) is 27.2 Å². The predicted molar refractivity (Wildman–Crippen MR) is 172 cm³/mol. The first-order valence-corrected chi connectivity index (χ1v) is 16.3. The molecule has 42 heavy (non-hydrogen) atoms. The van der Waals surface area contributed by atoms with Gasteiger partial charge in [-0.2, -0.15) is 9.42 Å². The number of ether oxygens (including phenoxy) is 1. The van der Waals surface area contributed by atoms with Crippen LogP contribution in [0.1, 0.15) is 111 Å².